The average molecular weight is 362 g/mol. The molecule has 0 spiro atoms. The molecule has 2 heterocycles. The van der Waals surface area contributed by atoms with Gasteiger partial charge in [-0.1, -0.05) is 12.1 Å². The van der Waals surface area contributed by atoms with E-state index < -0.39 is 12.6 Å². The molecule has 0 saturated carbocycles. The maximum absolute atomic E-state index is 12.1. The Morgan fingerprint density at radius 1 is 1.19 bits per heavy atom. The lowest BCUT2D eigenvalue weighted by Crippen LogP contribution is -2.01. The Morgan fingerprint density at radius 2 is 2.00 bits per heavy atom. The van der Waals surface area contributed by atoms with E-state index in [1.165, 1.54) is 42.7 Å². The van der Waals surface area contributed by atoms with Crippen molar-refractivity contribution in [1.82, 2.24) is 10.2 Å². The van der Waals surface area contributed by atoms with Crippen LogP contribution in [0.5, 0.6) is 5.75 Å². The van der Waals surface area contributed by atoms with Gasteiger partial charge in [0.15, 0.2) is 12.4 Å². The first kappa shape index (κ1) is 17.3. The predicted molar refractivity (Wildman–Crippen MR) is 83.9 cm³/mol. The average Bonchev–Trinajstić information content (AvgIpc) is 3.30. The summed E-state index contributed by atoms with van der Waals surface area (Å²) in [6, 6.07) is 9.11. The van der Waals surface area contributed by atoms with Crippen LogP contribution < -0.4 is 4.74 Å². The fourth-order valence-corrected chi connectivity index (χ4v) is 1.92. The maximum atomic E-state index is 12.1. The minimum atomic E-state index is -2.88. The lowest BCUT2D eigenvalue weighted by molar-refractivity contribution is -0.139. The van der Waals surface area contributed by atoms with Gasteiger partial charge >= 0.3 is 12.6 Å². The van der Waals surface area contributed by atoms with E-state index in [4.69, 9.17) is 13.6 Å². The molecule has 0 unspecified atom stereocenters. The number of benzene rings is 1. The monoisotopic (exact) mass is 362 g/mol. The van der Waals surface area contributed by atoms with Gasteiger partial charge in [0.05, 0.1) is 6.26 Å². The van der Waals surface area contributed by atoms with E-state index in [-0.39, 0.29) is 24.1 Å². The van der Waals surface area contributed by atoms with Crippen LogP contribution in [0, 0.1) is 0 Å². The lowest BCUT2D eigenvalue weighted by Gasteiger charge is -2.03. The number of nitrogens with zero attached hydrogens (tertiary/aromatic N) is 2. The Bertz CT molecular complexity index is 873. The van der Waals surface area contributed by atoms with E-state index in [9.17, 15) is 13.6 Å². The topological polar surface area (TPSA) is 87.6 Å². The van der Waals surface area contributed by atoms with E-state index >= 15 is 0 Å². The van der Waals surface area contributed by atoms with Crippen molar-refractivity contribution in [3.8, 4) is 17.4 Å². The summed E-state index contributed by atoms with van der Waals surface area (Å²) in [6.45, 7) is -3.08. The maximum Gasteiger partial charge on any atom is 0.387 e. The molecule has 26 heavy (non-hydrogen) atoms. The van der Waals surface area contributed by atoms with Gasteiger partial charge in [0.1, 0.15) is 5.75 Å². The summed E-state index contributed by atoms with van der Waals surface area (Å²) in [5.41, 5.74) is 0.612. The van der Waals surface area contributed by atoms with Crippen molar-refractivity contribution in [2.45, 2.75) is 13.2 Å². The molecule has 9 heteroatoms. The third kappa shape index (κ3) is 4.76. The van der Waals surface area contributed by atoms with Gasteiger partial charge in [0.25, 0.3) is 11.8 Å². The summed E-state index contributed by atoms with van der Waals surface area (Å²) in [5, 5.41) is 7.52. The normalized spacial score (nSPS) is 11.2. The van der Waals surface area contributed by atoms with Crippen LogP contribution in [0.4, 0.5) is 8.78 Å². The number of alkyl halides is 2. The number of halogens is 2. The highest BCUT2D eigenvalue weighted by atomic mass is 19.3. The molecule has 0 N–H and O–H groups in total. The van der Waals surface area contributed by atoms with Gasteiger partial charge in [-0.15, -0.1) is 10.2 Å². The zero-order valence-corrected chi connectivity index (χ0v) is 13.2. The number of carbonyl (C=O) groups is 1. The van der Waals surface area contributed by atoms with Gasteiger partial charge in [-0.3, -0.25) is 0 Å². The SMILES string of the molecule is O=C(/C=C/c1ccc(OC(F)F)cc1)OCc1nnc(-c2ccco2)o1. The molecule has 7 nitrogen and oxygen atoms in total. The molecule has 3 rings (SSSR count). The van der Waals surface area contributed by atoms with Gasteiger partial charge < -0.3 is 18.3 Å². The number of carbonyl (C=O) groups excluding carboxylic acids is 1. The Labute approximate surface area is 145 Å². The van der Waals surface area contributed by atoms with Crippen molar-refractivity contribution in [1.29, 1.82) is 0 Å². The molecule has 0 aliphatic rings. The first-order valence-electron chi connectivity index (χ1n) is 7.36. The van der Waals surface area contributed by atoms with Crippen LogP contribution in [-0.2, 0) is 16.1 Å². The van der Waals surface area contributed by atoms with Crippen LogP contribution in [0.15, 0.2) is 57.6 Å². The van der Waals surface area contributed by atoms with Crippen molar-refractivity contribution in [2.75, 3.05) is 0 Å². The Hall–Kier alpha value is -3.49. The van der Waals surface area contributed by atoms with Gasteiger partial charge in [0.2, 0.25) is 0 Å². The minimum absolute atomic E-state index is 0.0310. The summed E-state index contributed by atoms with van der Waals surface area (Å²) >= 11 is 0. The van der Waals surface area contributed by atoms with Crippen molar-refractivity contribution in [3.63, 3.8) is 0 Å². The molecule has 0 radical (unpaired) electrons. The quantitative estimate of drug-likeness (QED) is 0.468. The smallest absolute Gasteiger partial charge is 0.387 e. The van der Waals surface area contributed by atoms with Gasteiger partial charge in [-0.05, 0) is 35.9 Å². The molecule has 0 amide bonds. The van der Waals surface area contributed by atoms with Gasteiger partial charge in [0, 0.05) is 6.08 Å². The molecular formula is C17H12F2N2O5. The number of ether oxygens (including phenoxy) is 2. The highest BCUT2D eigenvalue weighted by Gasteiger charge is 2.11. The number of esters is 1. The van der Waals surface area contributed by atoms with Crippen LogP contribution in [0.1, 0.15) is 11.5 Å². The number of hydrogen-bond donors (Lipinski definition) is 0. The molecule has 3 aromatic rings. The summed E-state index contributed by atoms with van der Waals surface area (Å²) in [4.78, 5) is 11.7. The third-order valence-electron chi connectivity index (χ3n) is 3.05. The van der Waals surface area contributed by atoms with Crippen molar-refractivity contribution >= 4 is 12.0 Å². The molecule has 0 aliphatic heterocycles. The number of aromatic nitrogens is 2. The molecule has 0 atom stereocenters. The highest BCUT2D eigenvalue weighted by Crippen LogP contribution is 2.18. The lowest BCUT2D eigenvalue weighted by atomic mass is 10.2. The number of furan rings is 1. The largest absolute Gasteiger partial charge is 0.459 e. The second-order valence-corrected chi connectivity index (χ2v) is 4.87. The van der Waals surface area contributed by atoms with Crippen LogP contribution in [0.25, 0.3) is 17.7 Å². The second-order valence-electron chi connectivity index (χ2n) is 4.87. The van der Waals surface area contributed by atoms with Crippen LogP contribution >= 0.6 is 0 Å². The number of hydrogen-bond acceptors (Lipinski definition) is 7. The Morgan fingerprint density at radius 3 is 2.69 bits per heavy atom. The molecule has 134 valence electrons. The van der Waals surface area contributed by atoms with Gasteiger partial charge in [-0.25, -0.2) is 4.79 Å². The fraction of sp³-hybridized carbons (Fsp3) is 0.118. The summed E-state index contributed by atoms with van der Waals surface area (Å²) < 4.78 is 43.7. The van der Waals surface area contributed by atoms with E-state index in [0.717, 1.165) is 0 Å². The number of rotatable bonds is 7. The van der Waals surface area contributed by atoms with Gasteiger partial charge in [-0.2, -0.15) is 8.78 Å². The molecule has 0 fully saturated rings. The molecule has 0 aliphatic carbocycles. The zero-order valence-electron chi connectivity index (χ0n) is 13.2. The second kappa shape index (κ2) is 8.06. The Balaban J connectivity index is 1.50. The van der Waals surface area contributed by atoms with E-state index in [2.05, 4.69) is 14.9 Å². The molecule has 2 aromatic heterocycles. The van der Waals surface area contributed by atoms with Crippen LogP contribution in [-0.4, -0.2) is 22.8 Å². The molecule has 1 aromatic carbocycles. The standard InChI is InChI=1S/C17H12F2N2O5/c18-17(19)25-12-6-3-11(4-7-12)5-8-15(22)24-10-14-20-21-16(26-14)13-2-1-9-23-13/h1-9,17H,10H2/b8-5+. The zero-order chi connectivity index (χ0) is 18.4. The molecular weight excluding hydrogens is 350 g/mol. The van der Waals surface area contributed by atoms with E-state index in [1.807, 2.05) is 0 Å². The molecule has 0 saturated heterocycles. The van der Waals surface area contributed by atoms with E-state index in [0.29, 0.717) is 11.3 Å². The summed E-state index contributed by atoms with van der Waals surface area (Å²) in [6.07, 6.45) is 4.12. The first-order chi connectivity index (χ1) is 12.6. The van der Waals surface area contributed by atoms with Crippen molar-refractivity contribution < 1.29 is 31.9 Å². The third-order valence-corrected chi connectivity index (χ3v) is 3.05. The highest BCUT2D eigenvalue weighted by molar-refractivity contribution is 5.87. The van der Waals surface area contributed by atoms with Crippen molar-refractivity contribution in [2.24, 2.45) is 0 Å². The van der Waals surface area contributed by atoms with Crippen molar-refractivity contribution in [3.05, 3.63) is 60.2 Å². The summed E-state index contributed by atoms with van der Waals surface area (Å²) in [7, 11) is 0. The Kier molecular flexibility index (Phi) is 5.37. The van der Waals surface area contributed by atoms with Crippen LogP contribution in [0.2, 0.25) is 0 Å². The first-order valence-corrected chi connectivity index (χ1v) is 7.36. The minimum Gasteiger partial charge on any atom is -0.459 e. The fourth-order valence-electron chi connectivity index (χ4n) is 1.92. The van der Waals surface area contributed by atoms with Crippen LogP contribution in [0.3, 0.4) is 0 Å². The summed E-state index contributed by atoms with van der Waals surface area (Å²) in [5.74, 6) is 0.114. The predicted octanol–water partition coefficient (Wildman–Crippen LogP) is 3.69. The molecule has 0 bridgehead atoms. The van der Waals surface area contributed by atoms with E-state index in [1.54, 1.807) is 12.1 Å².